The molecule has 20 heavy (non-hydrogen) atoms. The molecule has 0 radical (unpaired) electrons. The molecule has 0 saturated heterocycles. The van der Waals surface area contributed by atoms with E-state index < -0.39 is 17.7 Å². The molecule has 0 aliphatic heterocycles. The second-order valence-corrected chi connectivity index (χ2v) is 5.10. The minimum Gasteiger partial charge on any atom is -0.303 e. The number of nitrogens with one attached hydrogen (secondary N) is 1. The maximum atomic E-state index is 13.8. The average molecular weight is 275 g/mol. The van der Waals surface area contributed by atoms with Crippen molar-refractivity contribution < 1.29 is 8.78 Å². The Labute approximate surface area is 118 Å². The molecule has 0 aliphatic carbocycles. The van der Waals surface area contributed by atoms with Crippen molar-refractivity contribution in [1.29, 1.82) is 0 Å². The highest BCUT2D eigenvalue weighted by molar-refractivity contribution is 5.29. The van der Waals surface area contributed by atoms with Crippen LogP contribution in [0.3, 0.4) is 0 Å². The van der Waals surface area contributed by atoms with Gasteiger partial charge in [0.25, 0.3) is 0 Å². The van der Waals surface area contributed by atoms with Gasteiger partial charge in [-0.1, -0.05) is 30.3 Å². The Hall–Kier alpha value is -1.74. The highest BCUT2D eigenvalue weighted by Gasteiger charge is 2.18. The SMILES string of the molecule is Cc1ccccc1[C@@H](C)NC(C)c1c(F)cccc1F. The molecule has 1 N–H and O–H groups in total. The normalized spacial score (nSPS) is 14.1. The van der Waals surface area contributed by atoms with Crippen molar-refractivity contribution in [2.24, 2.45) is 0 Å². The highest BCUT2D eigenvalue weighted by Crippen LogP contribution is 2.25. The Balaban J connectivity index is 2.20. The number of benzene rings is 2. The molecular formula is C17H19F2N. The first-order valence-corrected chi connectivity index (χ1v) is 6.76. The monoisotopic (exact) mass is 275 g/mol. The van der Waals surface area contributed by atoms with Gasteiger partial charge in [0.1, 0.15) is 11.6 Å². The summed E-state index contributed by atoms with van der Waals surface area (Å²) in [6.07, 6.45) is 0. The zero-order valence-corrected chi connectivity index (χ0v) is 12.0. The van der Waals surface area contributed by atoms with E-state index in [2.05, 4.69) is 5.32 Å². The first kappa shape index (κ1) is 14.7. The zero-order valence-electron chi connectivity index (χ0n) is 12.0. The van der Waals surface area contributed by atoms with Gasteiger partial charge in [0.15, 0.2) is 0 Å². The van der Waals surface area contributed by atoms with Crippen molar-refractivity contribution >= 4 is 0 Å². The Bertz CT molecular complexity index is 575. The first-order valence-electron chi connectivity index (χ1n) is 6.76. The lowest BCUT2D eigenvalue weighted by molar-refractivity contribution is 0.449. The van der Waals surface area contributed by atoms with Gasteiger partial charge >= 0.3 is 0 Å². The molecule has 106 valence electrons. The van der Waals surface area contributed by atoms with Crippen LogP contribution in [0.2, 0.25) is 0 Å². The van der Waals surface area contributed by atoms with Crippen LogP contribution in [0.15, 0.2) is 42.5 Å². The Morgan fingerprint density at radius 3 is 2.05 bits per heavy atom. The Kier molecular flexibility index (Phi) is 4.50. The van der Waals surface area contributed by atoms with Gasteiger partial charge in [-0.3, -0.25) is 0 Å². The van der Waals surface area contributed by atoms with E-state index in [1.165, 1.54) is 18.2 Å². The topological polar surface area (TPSA) is 12.0 Å². The molecule has 2 aromatic carbocycles. The second kappa shape index (κ2) is 6.14. The number of hydrogen-bond acceptors (Lipinski definition) is 1. The fourth-order valence-corrected chi connectivity index (χ4v) is 2.55. The molecule has 0 amide bonds. The van der Waals surface area contributed by atoms with Crippen LogP contribution in [0.5, 0.6) is 0 Å². The van der Waals surface area contributed by atoms with E-state index in [0.717, 1.165) is 11.1 Å². The molecule has 0 aromatic heterocycles. The Morgan fingerprint density at radius 1 is 0.850 bits per heavy atom. The van der Waals surface area contributed by atoms with Crippen LogP contribution >= 0.6 is 0 Å². The second-order valence-electron chi connectivity index (χ2n) is 5.10. The molecule has 0 heterocycles. The predicted octanol–water partition coefficient (Wildman–Crippen LogP) is 4.69. The summed E-state index contributed by atoms with van der Waals surface area (Å²) < 4.78 is 27.5. The van der Waals surface area contributed by atoms with E-state index in [4.69, 9.17) is 0 Å². The van der Waals surface area contributed by atoms with Gasteiger partial charge in [-0.25, -0.2) is 8.78 Å². The maximum absolute atomic E-state index is 13.8. The molecule has 0 aliphatic rings. The lowest BCUT2D eigenvalue weighted by Crippen LogP contribution is -2.24. The molecule has 1 unspecified atom stereocenters. The quantitative estimate of drug-likeness (QED) is 0.854. The van der Waals surface area contributed by atoms with Gasteiger partial charge in [0, 0.05) is 17.6 Å². The number of hydrogen-bond donors (Lipinski definition) is 1. The van der Waals surface area contributed by atoms with E-state index in [9.17, 15) is 8.78 Å². The molecule has 1 nitrogen and oxygen atoms in total. The molecule has 0 bridgehead atoms. The third kappa shape index (κ3) is 3.05. The van der Waals surface area contributed by atoms with Crippen molar-refractivity contribution in [3.05, 3.63) is 70.8 Å². The third-order valence-electron chi connectivity index (χ3n) is 3.59. The predicted molar refractivity (Wildman–Crippen MR) is 77.5 cm³/mol. The minimum absolute atomic E-state index is 0.0187. The molecule has 2 aromatic rings. The van der Waals surface area contributed by atoms with Gasteiger partial charge in [-0.2, -0.15) is 0 Å². The molecule has 2 rings (SSSR count). The van der Waals surface area contributed by atoms with Gasteiger partial charge in [-0.15, -0.1) is 0 Å². The Morgan fingerprint density at radius 2 is 1.45 bits per heavy atom. The molecule has 3 heteroatoms. The summed E-state index contributed by atoms with van der Waals surface area (Å²) in [6, 6.07) is 11.6. The minimum atomic E-state index is -0.512. The number of halogens is 2. The van der Waals surface area contributed by atoms with E-state index in [1.807, 2.05) is 38.1 Å². The van der Waals surface area contributed by atoms with Crippen LogP contribution in [0.25, 0.3) is 0 Å². The lowest BCUT2D eigenvalue weighted by atomic mass is 10.00. The van der Waals surface area contributed by atoms with E-state index in [0.29, 0.717) is 0 Å². The van der Waals surface area contributed by atoms with Crippen molar-refractivity contribution in [2.75, 3.05) is 0 Å². The van der Waals surface area contributed by atoms with Gasteiger partial charge in [-0.05, 0) is 44.0 Å². The van der Waals surface area contributed by atoms with E-state index in [1.54, 1.807) is 6.92 Å². The van der Waals surface area contributed by atoms with Crippen LogP contribution in [0.4, 0.5) is 8.78 Å². The van der Waals surface area contributed by atoms with Crippen molar-refractivity contribution in [2.45, 2.75) is 32.9 Å². The van der Waals surface area contributed by atoms with Crippen molar-refractivity contribution in [3.8, 4) is 0 Å². The van der Waals surface area contributed by atoms with Gasteiger partial charge in [0.2, 0.25) is 0 Å². The standard InChI is InChI=1S/C17H19F2N/c1-11-7-4-5-8-14(11)12(2)20-13(3)17-15(18)9-6-10-16(17)19/h4-10,12-13,20H,1-3H3/t12-,13?/m1/s1. The lowest BCUT2D eigenvalue weighted by Gasteiger charge is -2.22. The molecule has 0 saturated carbocycles. The number of rotatable bonds is 4. The largest absolute Gasteiger partial charge is 0.303 e. The fourth-order valence-electron chi connectivity index (χ4n) is 2.55. The van der Waals surface area contributed by atoms with Crippen LogP contribution in [0, 0.1) is 18.6 Å². The van der Waals surface area contributed by atoms with Crippen LogP contribution < -0.4 is 5.32 Å². The maximum Gasteiger partial charge on any atom is 0.130 e. The van der Waals surface area contributed by atoms with Crippen LogP contribution in [-0.4, -0.2) is 0 Å². The smallest absolute Gasteiger partial charge is 0.130 e. The summed E-state index contributed by atoms with van der Waals surface area (Å²) in [4.78, 5) is 0. The fraction of sp³-hybridized carbons (Fsp3) is 0.294. The van der Waals surface area contributed by atoms with E-state index in [-0.39, 0.29) is 11.6 Å². The highest BCUT2D eigenvalue weighted by atomic mass is 19.1. The van der Waals surface area contributed by atoms with Gasteiger partial charge < -0.3 is 5.32 Å². The molecule has 0 spiro atoms. The summed E-state index contributed by atoms with van der Waals surface area (Å²) in [7, 11) is 0. The third-order valence-corrected chi connectivity index (χ3v) is 3.59. The van der Waals surface area contributed by atoms with E-state index >= 15 is 0 Å². The first-order chi connectivity index (χ1) is 9.50. The average Bonchev–Trinajstić information content (AvgIpc) is 2.38. The van der Waals surface area contributed by atoms with Crippen molar-refractivity contribution in [1.82, 2.24) is 5.32 Å². The summed E-state index contributed by atoms with van der Waals surface area (Å²) in [6.45, 7) is 5.80. The van der Waals surface area contributed by atoms with Crippen molar-refractivity contribution in [3.63, 3.8) is 0 Å². The number of aryl methyl sites for hydroxylation is 1. The molecule has 2 atom stereocenters. The summed E-state index contributed by atoms with van der Waals surface area (Å²) >= 11 is 0. The van der Waals surface area contributed by atoms with Crippen LogP contribution in [0.1, 0.15) is 42.6 Å². The van der Waals surface area contributed by atoms with Gasteiger partial charge in [0.05, 0.1) is 0 Å². The summed E-state index contributed by atoms with van der Waals surface area (Å²) in [5.41, 5.74) is 2.39. The molecular weight excluding hydrogens is 256 g/mol. The molecule has 0 fully saturated rings. The van der Waals surface area contributed by atoms with Crippen LogP contribution in [-0.2, 0) is 0 Å². The summed E-state index contributed by atoms with van der Waals surface area (Å²) in [5.74, 6) is -1.02. The zero-order chi connectivity index (χ0) is 14.7. The summed E-state index contributed by atoms with van der Waals surface area (Å²) in [5, 5.41) is 3.25.